The number of hydrogen-bond donors (Lipinski definition) is 0. The van der Waals surface area contributed by atoms with Gasteiger partial charge >= 0.3 is 0 Å². The zero-order chi connectivity index (χ0) is 12.9. The fraction of sp³-hybridized carbons (Fsp3) is 0.733. The normalized spacial score (nSPS) is 10.4. The molecule has 0 heterocycles. The molecular formula is C15H26B2. The molecule has 2 heteroatoms. The first-order valence-electron chi connectivity index (χ1n) is 6.94. The molecule has 0 saturated carbocycles. The van der Waals surface area contributed by atoms with Crippen LogP contribution < -0.4 is 0 Å². The smallest absolute Gasteiger partial charge is 0.0653 e. The second-order valence-electron chi connectivity index (χ2n) is 4.85. The molecule has 0 aliphatic carbocycles. The van der Waals surface area contributed by atoms with Crippen LogP contribution in [-0.4, -0.2) is 15.7 Å². The van der Waals surface area contributed by atoms with E-state index in [0.717, 1.165) is 51.2 Å². The molecule has 0 aliphatic rings. The summed E-state index contributed by atoms with van der Waals surface area (Å²) >= 11 is 0. The van der Waals surface area contributed by atoms with Gasteiger partial charge in [0.05, 0.1) is 15.7 Å². The van der Waals surface area contributed by atoms with Crippen molar-refractivity contribution in [2.24, 2.45) is 0 Å². The zero-order valence-corrected chi connectivity index (χ0v) is 11.3. The van der Waals surface area contributed by atoms with E-state index in [1.165, 1.54) is 30.4 Å². The SMILES string of the molecule is [B]CCCCC(=C)CCCC(=C)CCCC[B]. The van der Waals surface area contributed by atoms with Crippen molar-refractivity contribution in [3.8, 4) is 0 Å². The Morgan fingerprint density at radius 2 is 0.941 bits per heavy atom. The molecule has 0 amide bonds. The van der Waals surface area contributed by atoms with Gasteiger partial charge < -0.3 is 0 Å². The van der Waals surface area contributed by atoms with Crippen molar-refractivity contribution in [3.05, 3.63) is 24.3 Å². The van der Waals surface area contributed by atoms with Crippen molar-refractivity contribution in [2.75, 3.05) is 0 Å². The van der Waals surface area contributed by atoms with Crippen molar-refractivity contribution in [2.45, 2.75) is 70.4 Å². The summed E-state index contributed by atoms with van der Waals surface area (Å²) in [7, 11) is 10.9. The molecule has 0 aromatic heterocycles. The maximum absolute atomic E-state index is 5.46. The van der Waals surface area contributed by atoms with Gasteiger partial charge in [-0.25, -0.2) is 0 Å². The van der Waals surface area contributed by atoms with Crippen LogP contribution in [0.3, 0.4) is 0 Å². The van der Waals surface area contributed by atoms with Crippen LogP contribution in [-0.2, 0) is 0 Å². The summed E-state index contributed by atoms with van der Waals surface area (Å²) in [5.41, 5.74) is 2.74. The summed E-state index contributed by atoms with van der Waals surface area (Å²) in [5.74, 6) is 0. The molecule has 0 aromatic carbocycles. The summed E-state index contributed by atoms with van der Waals surface area (Å²) in [5, 5.41) is 0. The van der Waals surface area contributed by atoms with E-state index in [9.17, 15) is 0 Å². The molecular weight excluding hydrogens is 202 g/mol. The summed E-state index contributed by atoms with van der Waals surface area (Å²) in [6.45, 7) is 8.22. The minimum absolute atomic E-state index is 0.797. The highest BCUT2D eigenvalue weighted by molar-refractivity contribution is 6.08. The molecule has 0 N–H and O–H groups in total. The van der Waals surface area contributed by atoms with Crippen LogP contribution in [0.15, 0.2) is 24.3 Å². The van der Waals surface area contributed by atoms with Gasteiger partial charge in [-0.1, -0.05) is 62.6 Å². The Kier molecular flexibility index (Phi) is 11.8. The van der Waals surface area contributed by atoms with Crippen molar-refractivity contribution in [3.63, 3.8) is 0 Å². The Hall–Kier alpha value is -0.390. The van der Waals surface area contributed by atoms with Crippen molar-refractivity contribution in [1.29, 1.82) is 0 Å². The fourth-order valence-corrected chi connectivity index (χ4v) is 1.88. The van der Waals surface area contributed by atoms with Gasteiger partial charge in [-0.15, -0.1) is 0 Å². The quantitative estimate of drug-likeness (QED) is 0.256. The van der Waals surface area contributed by atoms with E-state index in [2.05, 4.69) is 13.2 Å². The minimum Gasteiger partial charge on any atom is -0.0999 e. The first-order chi connectivity index (χ1) is 8.20. The van der Waals surface area contributed by atoms with Gasteiger partial charge in [-0.3, -0.25) is 0 Å². The first kappa shape index (κ1) is 16.6. The van der Waals surface area contributed by atoms with E-state index in [1.807, 2.05) is 0 Å². The lowest BCUT2D eigenvalue weighted by atomic mass is 9.95. The number of unbranched alkanes of at least 4 members (excludes halogenated alkanes) is 2. The number of rotatable bonds is 12. The zero-order valence-electron chi connectivity index (χ0n) is 11.3. The minimum atomic E-state index is 0.797. The van der Waals surface area contributed by atoms with Gasteiger partial charge in [-0.05, 0) is 32.1 Å². The van der Waals surface area contributed by atoms with Crippen molar-refractivity contribution in [1.82, 2.24) is 0 Å². The molecule has 0 unspecified atom stereocenters. The van der Waals surface area contributed by atoms with Gasteiger partial charge in [0.25, 0.3) is 0 Å². The van der Waals surface area contributed by atoms with E-state index in [1.54, 1.807) is 0 Å². The van der Waals surface area contributed by atoms with E-state index in [-0.39, 0.29) is 0 Å². The van der Waals surface area contributed by atoms with Gasteiger partial charge in [0.2, 0.25) is 0 Å². The van der Waals surface area contributed by atoms with Gasteiger partial charge in [0.15, 0.2) is 0 Å². The van der Waals surface area contributed by atoms with Crippen LogP contribution in [0.1, 0.15) is 57.8 Å². The maximum Gasteiger partial charge on any atom is 0.0653 e. The Morgan fingerprint density at radius 1 is 0.588 bits per heavy atom. The lowest BCUT2D eigenvalue weighted by molar-refractivity contribution is 0.695. The van der Waals surface area contributed by atoms with Gasteiger partial charge in [-0.2, -0.15) is 0 Å². The van der Waals surface area contributed by atoms with Crippen LogP contribution in [0.2, 0.25) is 12.6 Å². The predicted molar refractivity (Wildman–Crippen MR) is 81.0 cm³/mol. The Bertz CT molecular complexity index is 187. The molecule has 4 radical (unpaired) electrons. The summed E-state index contributed by atoms with van der Waals surface area (Å²) in [6.07, 6.45) is 11.9. The molecule has 0 saturated heterocycles. The maximum atomic E-state index is 5.46. The predicted octanol–water partition coefficient (Wildman–Crippen LogP) is 4.78. The third kappa shape index (κ3) is 11.9. The monoisotopic (exact) mass is 228 g/mol. The van der Waals surface area contributed by atoms with E-state index in [0.29, 0.717) is 0 Å². The summed E-state index contributed by atoms with van der Waals surface area (Å²) in [4.78, 5) is 0. The molecule has 0 atom stereocenters. The molecule has 0 rings (SSSR count). The second kappa shape index (κ2) is 12.1. The largest absolute Gasteiger partial charge is 0.0999 e. The average molecular weight is 228 g/mol. The topological polar surface area (TPSA) is 0 Å². The molecule has 0 fully saturated rings. The molecule has 92 valence electrons. The molecule has 0 nitrogen and oxygen atoms in total. The Balaban J connectivity index is 3.36. The second-order valence-corrected chi connectivity index (χ2v) is 4.85. The lowest BCUT2D eigenvalue weighted by Gasteiger charge is -2.07. The van der Waals surface area contributed by atoms with Crippen LogP contribution in [0.5, 0.6) is 0 Å². The highest BCUT2D eigenvalue weighted by Gasteiger charge is 1.98. The molecule has 0 bridgehead atoms. The summed E-state index contributed by atoms with van der Waals surface area (Å²) < 4.78 is 0. The average Bonchev–Trinajstić information content (AvgIpc) is 2.30. The van der Waals surface area contributed by atoms with E-state index >= 15 is 0 Å². The Labute approximate surface area is 111 Å². The molecule has 0 aromatic rings. The number of hydrogen-bond acceptors (Lipinski definition) is 0. The van der Waals surface area contributed by atoms with Gasteiger partial charge in [0.1, 0.15) is 0 Å². The molecule has 0 aliphatic heterocycles. The van der Waals surface area contributed by atoms with Crippen molar-refractivity contribution < 1.29 is 0 Å². The molecule has 0 spiro atoms. The Morgan fingerprint density at radius 3 is 1.29 bits per heavy atom. The van der Waals surface area contributed by atoms with Crippen LogP contribution in [0, 0.1) is 0 Å². The third-order valence-electron chi connectivity index (χ3n) is 3.03. The van der Waals surface area contributed by atoms with Crippen LogP contribution in [0.4, 0.5) is 0 Å². The van der Waals surface area contributed by atoms with Crippen molar-refractivity contribution >= 4 is 15.7 Å². The third-order valence-corrected chi connectivity index (χ3v) is 3.03. The molecule has 17 heavy (non-hydrogen) atoms. The fourth-order valence-electron chi connectivity index (χ4n) is 1.88. The van der Waals surface area contributed by atoms with Crippen LogP contribution in [0.25, 0.3) is 0 Å². The standard InChI is InChI=1S/C15H26B2/c1-14(8-3-5-12-16)10-7-11-15(2)9-4-6-13-17/h1-13H2. The van der Waals surface area contributed by atoms with Crippen LogP contribution >= 0.6 is 0 Å². The lowest BCUT2D eigenvalue weighted by Crippen LogP contribution is -1.88. The summed E-state index contributed by atoms with van der Waals surface area (Å²) in [6, 6.07) is 0. The van der Waals surface area contributed by atoms with E-state index < -0.39 is 0 Å². The van der Waals surface area contributed by atoms with E-state index in [4.69, 9.17) is 15.7 Å². The first-order valence-corrected chi connectivity index (χ1v) is 6.94. The highest BCUT2D eigenvalue weighted by Crippen LogP contribution is 2.18. The van der Waals surface area contributed by atoms with Gasteiger partial charge in [0, 0.05) is 0 Å². The number of allylic oxidation sites excluding steroid dienone is 2. The highest BCUT2D eigenvalue weighted by atomic mass is 14.0.